The first-order valence-corrected chi connectivity index (χ1v) is 25.3. The van der Waals surface area contributed by atoms with Crippen molar-refractivity contribution in [3.8, 4) is 0 Å². The fourth-order valence-corrected chi connectivity index (χ4v) is 7.98. The Balaban J connectivity index is 2.38. The van der Waals surface area contributed by atoms with Crippen LogP contribution in [0.15, 0.2) is 9.59 Å². The molecule has 0 aliphatic heterocycles. The smallest absolute Gasteiger partial charge is 0.306 e. The molecule has 1 atom stereocenters. The number of hydrogen-bond acceptors (Lipinski definition) is 9. The second-order valence-electron chi connectivity index (χ2n) is 17.3. The molecular formula is C50H93N3O6. The van der Waals surface area contributed by atoms with Crippen LogP contribution < -0.4 is 21.5 Å². The number of carbonyl (C=O) groups excluding carboxylic acids is 2. The summed E-state index contributed by atoms with van der Waals surface area (Å²) in [5.74, 6) is -0.0534. The average Bonchev–Trinajstić information content (AvgIpc) is 3.23. The first-order valence-electron chi connectivity index (χ1n) is 25.3. The van der Waals surface area contributed by atoms with Crippen LogP contribution in [0, 0.1) is 0 Å². The molecule has 9 heteroatoms. The van der Waals surface area contributed by atoms with E-state index in [1.807, 2.05) is 6.92 Å². The van der Waals surface area contributed by atoms with Crippen LogP contribution in [0.2, 0.25) is 0 Å². The average molecular weight is 832 g/mol. The molecule has 0 amide bonds. The monoisotopic (exact) mass is 832 g/mol. The molecule has 0 saturated carbocycles. The summed E-state index contributed by atoms with van der Waals surface area (Å²) in [6.07, 6.45) is 37.2. The summed E-state index contributed by atoms with van der Waals surface area (Å²) in [7, 11) is 0. The lowest BCUT2D eigenvalue weighted by atomic mass is 10.0. The van der Waals surface area contributed by atoms with Crippen LogP contribution in [-0.4, -0.2) is 62.3 Å². The predicted octanol–water partition coefficient (Wildman–Crippen LogP) is 12.8. The van der Waals surface area contributed by atoms with E-state index in [4.69, 9.17) is 9.47 Å². The number of carbonyl (C=O) groups is 2. The number of hydrogen-bond donors (Lipinski definition) is 2. The standard InChI is InChI=1S/C50H93N3O6/c1-5-9-12-15-17-26-33-43-58-45(54)37-29-22-18-24-31-40-53(42-34-39-52-48-47(51-8-4)49(56)50(48)57)41-32-25-19-23-30-38-46(55)59-44(35-27-20-14-11-7-3)36-28-21-16-13-10-6-2/h44,51-52H,5-43H2,1-4H3. The molecule has 0 saturated heterocycles. The summed E-state index contributed by atoms with van der Waals surface area (Å²) in [6, 6.07) is 0. The molecule has 59 heavy (non-hydrogen) atoms. The number of nitrogens with zero attached hydrogens (tertiary/aromatic N) is 1. The van der Waals surface area contributed by atoms with Crippen molar-refractivity contribution in [1.29, 1.82) is 0 Å². The lowest BCUT2D eigenvalue weighted by molar-refractivity contribution is -0.150. The van der Waals surface area contributed by atoms with Crippen molar-refractivity contribution in [2.24, 2.45) is 0 Å². The number of rotatable bonds is 45. The Morgan fingerprint density at radius 3 is 1.39 bits per heavy atom. The van der Waals surface area contributed by atoms with Gasteiger partial charge in [0.25, 0.3) is 10.9 Å². The van der Waals surface area contributed by atoms with E-state index in [0.29, 0.717) is 43.9 Å². The van der Waals surface area contributed by atoms with Crippen molar-refractivity contribution in [3.05, 3.63) is 20.4 Å². The highest BCUT2D eigenvalue weighted by molar-refractivity contribution is 5.73. The van der Waals surface area contributed by atoms with Crippen molar-refractivity contribution < 1.29 is 19.1 Å². The maximum absolute atomic E-state index is 12.8. The Hall–Kier alpha value is -2.42. The number of esters is 2. The molecule has 0 aliphatic carbocycles. The summed E-state index contributed by atoms with van der Waals surface area (Å²) in [4.78, 5) is 51.5. The van der Waals surface area contributed by atoms with Crippen LogP contribution in [-0.2, 0) is 19.1 Å². The second kappa shape index (κ2) is 39.7. The molecule has 344 valence electrons. The van der Waals surface area contributed by atoms with Crippen molar-refractivity contribution in [2.45, 2.75) is 246 Å². The highest BCUT2D eigenvalue weighted by Gasteiger charge is 2.20. The van der Waals surface area contributed by atoms with Gasteiger partial charge in [-0.2, -0.15) is 0 Å². The third-order valence-corrected chi connectivity index (χ3v) is 11.7. The van der Waals surface area contributed by atoms with Gasteiger partial charge in [0.2, 0.25) is 0 Å². The summed E-state index contributed by atoms with van der Waals surface area (Å²) in [5, 5.41) is 6.22. The zero-order valence-corrected chi connectivity index (χ0v) is 39.1. The third kappa shape index (κ3) is 30.3. The maximum atomic E-state index is 12.8. The highest BCUT2D eigenvalue weighted by Crippen LogP contribution is 2.19. The predicted molar refractivity (Wildman–Crippen MR) is 251 cm³/mol. The Kier molecular flexibility index (Phi) is 36.7. The lowest BCUT2D eigenvalue weighted by Crippen LogP contribution is -2.38. The van der Waals surface area contributed by atoms with Gasteiger partial charge in [0.05, 0.1) is 6.61 Å². The minimum atomic E-state index is -0.422. The van der Waals surface area contributed by atoms with E-state index in [1.165, 1.54) is 89.9 Å². The minimum absolute atomic E-state index is 0.00520. The highest BCUT2D eigenvalue weighted by atomic mass is 16.5. The van der Waals surface area contributed by atoms with Gasteiger partial charge >= 0.3 is 11.9 Å². The first-order chi connectivity index (χ1) is 28.9. The quantitative estimate of drug-likeness (QED) is 0.0377. The van der Waals surface area contributed by atoms with E-state index in [9.17, 15) is 19.2 Å². The van der Waals surface area contributed by atoms with Gasteiger partial charge in [-0.05, 0) is 90.8 Å². The Morgan fingerprint density at radius 2 is 0.881 bits per heavy atom. The molecule has 0 radical (unpaired) electrons. The van der Waals surface area contributed by atoms with Gasteiger partial charge in [-0.15, -0.1) is 0 Å². The van der Waals surface area contributed by atoms with Gasteiger partial charge in [0.1, 0.15) is 17.5 Å². The number of ether oxygens (including phenoxy) is 2. The molecular weight excluding hydrogens is 739 g/mol. The van der Waals surface area contributed by atoms with Gasteiger partial charge in [-0.3, -0.25) is 19.2 Å². The molecule has 1 unspecified atom stereocenters. The fourth-order valence-electron chi connectivity index (χ4n) is 7.98. The molecule has 9 nitrogen and oxygen atoms in total. The van der Waals surface area contributed by atoms with Gasteiger partial charge in [-0.25, -0.2) is 0 Å². The molecule has 0 spiro atoms. The lowest BCUT2D eigenvalue weighted by Gasteiger charge is -2.23. The Morgan fingerprint density at radius 1 is 0.475 bits per heavy atom. The van der Waals surface area contributed by atoms with Gasteiger partial charge in [-0.1, -0.05) is 156 Å². The Labute approximate surface area is 362 Å². The van der Waals surface area contributed by atoms with Crippen molar-refractivity contribution in [2.75, 3.05) is 50.0 Å². The number of nitrogens with one attached hydrogen (secondary N) is 2. The molecule has 0 fully saturated rings. The van der Waals surface area contributed by atoms with Gasteiger partial charge in [0.15, 0.2) is 0 Å². The van der Waals surface area contributed by atoms with Crippen molar-refractivity contribution in [3.63, 3.8) is 0 Å². The van der Waals surface area contributed by atoms with E-state index in [1.54, 1.807) is 0 Å². The molecule has 2 N–H and O–H groups in total. The SMILES string of the molecule is CCCCCCCCCOC(=O)CCCCCCCN(CCCCCCCC(=O)OC(CCCCCCC)CCCCCCCC)CCCNc1c(NCC)c(=O)c1=O. The van der Waals surface area contributed by atoms with E-state index >= 15 is 0 Å². The van der Waals surface area contributed by atoms with E-state index in [2.05, 4.69) is 36.3 Å². The minimum Gasteiger partial charge on any atom is -0.466 e. The number of unbranched alkanes of at least 4 members (excludes halogenated alkanes) is 23. The fraction of sp³-hybridized carbons (Fsp3) is 0.880. The van der Waals surface area contributed by atoms with Crippen LogP contribution in [0.4, 0.5) is 11.4 Å². The molecule has 0 aromatic heterocycles. The normalized spacial score (nSPS) is 12.0. The van der Waals surface area contributed by atoms with E-state index < -0.39 is 10.9 Å². The third-order valence-electron chi connectivity index (χ3n) is 11.7. The number of anilines is 2. The van der Waals surface area contributed by atoms with Crippen LogP contribution in [0.1, 0.15) is 240 Å². The van der Waals surface area contributed by atoms with Crippen LogP contribution in [0.3, 0.4) is 0 Å². The van der Waals surface area contributed by atoms with E-state index in [0.717, 1.165) is 129 Å². The maximum Gasteiger partial charge on any atom is 0.306 e. The molecule has 1 rings (SSSR count). The first kappa shape index (κ1) is 54.6. The topological polar surface area (TPSA) is 114 Å². The second-order valence-corrected chi connectivity index (χ2v) is 17.3. The molecule has 0 aliphatic rings. The zero-order valence-electron chi connectivity index (χ0n) is 39.1. The van der Waals surface area contributed by atoms with Gasteiger partial charge < -0.3 is 25.0 Å². The van der Waals surface area contributed by atoms with Crippen LogP contribution >= 0.6 is 0 Å². The van der Waals surface area contributed by atoms with Crippen LogP contribution in [0.25, 0.3) is 0 Å². The van der Waals surface area contributed by atoms with E-state index in [-0.39, 0.29) is 18.0 Å². The molecule has 1 aromatic rings. The summed E-state index contributed by atoms with van der Waals surface area (Å²) >= 11 is 0. The summed E-state index contributed by atoms with van der Waals surface area (Å²) in [6.45, 7) is 13.5. The van der Waals surface area contributed by atoms with Crippen LogP contribution in [0.5, 0.6) is 0 Å². The molecule has 0 bridgehead atoms. The van der Waals surface area contributed by atoms with Crippen molar-refractivity contribution in [1.82, 2.24) is 4.90 Å². The summed E-state index contributed by atoms with van der Waals surface area (Å²) < 4.78 is 11.5. The molecule has 0 heterocycles. The summed E-state index contributed by atoms with van der Waals surface area (Å²) in [5.41, 5.74) is 0.0203. The molecule has 1 aromatic carbocycles. The largest absolute Gasteiger partial charge is 0.466 e. The van der Waals surface area contributed by atoms with Gasteiger partial charge in [0, 0.05) is 25.9 Å². The Bertz CT molecular complexity index is 1200. The van der Waals surface area contributed by atoms with Crippen molar-refractivity contribution >= 4 is 23.3 Å². The zero-order chi connectivity index (χ0) is 43.0.